The van der Waals surface area contributed by atoms with Crippen LogP contribution in [-0.2, 0) is 0 Å². The standard InChI is InChI=1S/C14H16ClN3O2/c1-7(16)13-17-10-4-2-3-9(15)12(10)14(20)18(13)11-5-8(11)6-19/h2-4,7-8,11,19H,5-6,16H2,1H3/t7-,8?,11?/m0/s1. The van der Waals surface area contributed by atoms with Crippen LogP contribution in [0.1, 0.15) is 31.3 Å². The van der Waals surface area contributed by atoms with Crippen LogP contribution >= 0.6 is 11.6 Å². The number of rotatable bonds is 3. The van der Waals surface area contributed by atoms with Crippen LogP contribution in [-0.4, -0.2) is 21.3 Å². The first-order valence-electron chi connectivity index (χ1n) is 6.61. The van der Waals surface area contributed by atoms with Crippen molar-refractivity contribution in [3.05, 3.63) is 39.4 Å². The van der Waals surface area contributed by atoms with Gasteiger partial charge < -0.3 is 10.8 Å². The van der Waals surface area contributed by atoms with Crippen molar-refractivity contribution in [1.29, 1.82) is 0 Å². The maximum atomic E-state index is 12.7. The summed E-state index contributed by atoms with van der Waals surface area (Å²) in [6.07, 6.45) is 0.772. The summed E-state index contributed by atoms with van der Waals surface area (Å²) in [6, 6.07) is 4.82. The van der Waals surface area contributed by atoms with Crippen molar-refractivity contribution in [2.24, 2.45) is 11.7 Å². The molecular weight excluding hydrogens is 278 g/mol. The average molecular weight is 294 g/mol. The Morgan fingerprint density at radius 2 is 2.35 bits per heavy atom. The zero-order valence-corrected chi connectivity index (χ0v) is 11.8. The van der Waals surface area contributed by atoms with Gasteiger partial charge >= 0.3 is 0 Å². The van der Waals surface area contributed by atoms with Gasteiger partial charge in [-0.1, -0.05) is 17.7 Å². The minimum Gasteiger partial charge on any atom is -0.396 e. The van der Waals surface area contributed by atoms with Crippen LogP contribution in [0.25, 0.3) is 10.9 Å². The van der Waals surface area contributed by atoms with Gasteiger partial charge in [-0.25, -0.2) is 4.98 Å². The fraction of sp³-hybridized carbons (Fsp3) is 0.429. The molecular formula is C14H16ClN3O2. The molecule has 1 fully saturated rings. The lowest BCUT2D eigenvalue weighted by Gasteiger charge is -2.16. The predicted octanol–water partition coefficient (Wildman–Crippen LogP) is 1.62. The predicted molar refractivity (Wildman–Crippen MR) is 77.8 cm³/mol. The minimum absolute atomic E-state index is 0.0262. The zero-order valence-electron chi connectivity index (χ0n) is 11.1. The van der Waals surface area contributed by atoms with Crippen LogP contribution in [0.2, 0.25) is 5.02 Å². The van der Waals surface area contributed by atoms with E-state index in [2.05, 4.69) is 4.98 Å². The molecule has 0 saturated heterocycles. The quantitative estimate of drug-likeness (QED) is 0.901. The highest BCUT2D eigenvalue weighted by Gasteiger charge is 2.40. The number of hydrogen-bond acceptors (Lipinski definition) is 4. The lowest BCUT2D eigenvalue weighted by molar-refractivity contribution is 0.267. The maximum absolute atomic E-state index is 12.7. The summed E-state index contributed by atoms with van der Waals surface area (Å²) in [7, 11) is 0. The molecule has 0 bridgehead atoms. The van der Waals surface area contributed by atoms with Gasteiger partial charge in [-0.2, -0.15) is 0 Å². The van der Waals surface area contributed by atoms with E-state index in [1.54, 1.807) is 29.7 Å². The summed E-state index contributed by atoms with van der Waals surface area (Å²) in [5, 5.41) is 10.0. The fourth-order valence-electron chi connectivity index (χ4n) is 2.61. The molecule has 5 nitrogen and oxygen atoms in total. The third-order valence-electron chi connectivity index (χ3n) is 3.76. The molecule has 106 valence electrons. The SMILES string of the molecule is C[C@H](N)c1nc2cccc(Cl)c2c(=O)n1C1CC1CO. The summed E-state index contributed by atoms with van der Waals surface area (Å²) >= 11 is 6.13. The van der Waals surface area contributed by atoms with Crippen LogP contribution < -0.4 is 11.3 Å². The first-order valence-corrected chi connectivity index (χ1v) is 6.99. The number of nitrogens with two attached hydrogens (primary N) is 1. The van der Waals surface area contributed by atoms with Crippen molar-refractivity contribution in [2.75, 3.05) is 6.61 Å². The number of aliphatic hydroxyl groups excluding tert-OH is 1. The van der Waals surface area contributed by atoms with Crippen molar-refractivity contribution in [2.45, 2.75) is 25.4 Å². The van der Waals surface area contributed by atoms with E-state index in [-0.39, 0.29) is 30.2 Å². The normalized spacial score (nSPS) is 23.0. The molecule has 0 aliphatic heterocycles. The maximum Gasteiger partial charge on any atom is 0.263 e. The molecule has 1 aliphatic carbocycles. The Balaban J connectivity index is 2.31. The van der Waals surface area contributed by atoms with E-state index in [0.717, 1.165) is 6.42 Å². The highest BCUT2D eigenvalue weighted by Crippen LogP contribution is 2.43. The van der Waals surface area contributed by atoms with Crippen molar-refractivity contribution < 1.29 is 5.11 Å². The topological polar surface area (TPSA) is 81.1 Å². The third kappa shape index (κ3) is 2.02. The molecule has 2 aromatic rings. The number of benzene rings is 1. The molecule has 3 atom stereocenters. The Bertz CT molecular complexity index is 726. The van der Waals surface area contributed by atoms with Crippen LogP contribution in [0, 0.1) is 5.92 Å². The van der Waals surface area contributed by atoms with Crippen LogP contribution in [0.5, 0.6) is 0 Å². The van der Waals surface area contributed by atoms with Crippen molar-refractivity contribution in [3.63, 3.8) is 0 Å². The summed E-state index contributed by atoms with van der Waals surface area (Å²) in [4.78, 5) is 17.2. The Morgan fingerprint density at radius 1 is 1.60 bits per heavy atom. The highest BCUT2D eigenvalue weighted by atomic mass is 35.5. The first-order chi connectivity index (χ1) is 9.54. The number of aromatic nitrogens is 2. The summed E-state index contributed by atoms with van der Waals surface area (Å²) < 4.78 is 1.61. The van der Waals surface area contributed by atoms with Crippen LogP contribution in [0.15, 0.2) is 23.0 Å². The van der Waals surface area contributed by atoms with E-state index in [1.807, 2.05) is 0 Å². The molecule has 20 heavy (non-hydrogen) atoms. The van der Waals surface area contributed by atoms with Crippen molar-refractivity contribution in [3.8, 4) is 0 Å². The highest BCUT2D eigenvalue weighted by molar-refractivity contribution is 6.35. The molecule has 0 radical (unpaired) electrons. The van der Waals surface area contributed by atoms with E-state index in [4.69, 9.17) is 17.3 Å². The number of hydrogen-bond donors (Lipinski definition) is 2. The lowest BCUT2D eigenvalue weighted by Crippen LogP contribution is -2.29. The van der Waals surface area contributed by atoms with E-state index in [1.165, 1.54) is 0 Å². The van der Waals surface area contributed by atoms with Gasteiger partial charge in [-0.05, 0) is 25.5 Å². The molecule has 6 heteroatoms. The van der Waals surface area contributed by atoms with Gasteiger partial charge in [0.1, 0.15) is 5.82 Å². The number of fused-ring (bicyclic) bond motifs is 1. The molecule has 1 heterocycles. The van der Waals surface area contributed by atoms with Gasteiger partial charge in [0.25, 0.3) is 5.56 Å². The van der Waals surface area contributed by atoms with E-state index in [9.17, 15) is 9.90 Å². The minimum atomic E-state index is -0.356. The van der Waals surface area contributed by atoms with Gasteiger partial charge in [0, 0.05) is 18.6 Å². The van der Waals surface area contributed by atoms with E-state index >= 15 is 0 Å². The molecule has 1 saturated carbocycles. The van der Waals surface area contributed by atoms with Gasteiger partial charge in [-0.15, -0.1) is 0 Å². The molecule has 1 aromatic heterocycles. The van der Waals surface area contributed by atoms with E-state index < -0.39 is 0 Å². The Morgan fingerprint density at radius 3 is 2.95 bits per heavy atom. The van der Waals surface area contributed by atoms with Crippen LogP contribution in [0.4, 0.5) is 0 Å². The second-order valence-electron chi connectivity index (χ2n) is 5.31. The van der Waals surface area contributed by atoms with E-state index in [0.29, 0.717) is 21.7 Å². The zero-order chi connectivity index (χ0) is 14.4. The largest absolute Gasteiger partial charge is 0.396 e. The van der Waals surface area contributed by atoms with Gasteiger partial charge in [-0.3, -0.25) is 9.36 Å². The second-order valence-corrected chi connectivity index (χ2v) is 5.72. The number of aliphatic hydroxyl groups is 1. The molecule has 1 aromatic carbocycles. The summed E-state index contributed by atoms with van der Waals surface area (Å²) in [6.45, 7) is 1.86. The first kappa shape index (κ1) is 13.5. The fourth-order valence-corrected chi connectivity index (χ4v) is 2.86. The smallest absolute Gasteiger partial charge is 0.263 e. The molecule has 0 amide bonds. The molecule has 1 aliphatic rings. The summed E-state index contributed by atoms with van der Waals surface area (Å²) in [5.74, 6) is 0.651. The van der Waals surface area contributed by atoms with Gasteiger partial charge in [0.2, 0.25) is 0 Å². The average Bonchev–Trinajstić information content (AvgIpc) is 3.17. The second kappa shape index (κ2) is 4.84. The van der Waals surface area contributed by atoms with Crippen molar-refractivity contribution >= 4 is 22.5 Å². The van der Waals surface area contributed by atoms with Gasteiger partial charge in [0.05, 0.1) is 22.0 Å². The van der Waals surface area contributed by atoms with Crippen LogP contribution in [0.3, 0.4) is 0 Å². The lowest BCUT2D eigenvalue weighted by atomic mass is 10.2. The molecule has 0 spiro atoms. The summed E-state index contributed by atoms with van der Waals surface area (Å²) in [5.41, 5.74) is 6.34. The Labute approximate surface area is 121 Å². The van der Waals surface area contributed by atoms with Crippen molar-refractivity contribution in [1.82, 2.24) is 9.55 Å². The third-order valence-corrected chi connectivity index (χ3v) is 4.08. The van der Waals surface area contributed by atoms with Gasteiger partial charge in [0.15, 0.2) is 0 Å². The Kier molecular flexibility index (Phi) is 3.28. The monoisotopic (exact) mass is 293 g/mol. The number of nitrogens with zero attached hydrogens (tertiary/aromatic N) is 2. The molecule has 2 unspecified atom stereocenters. The Hall–Kier alpha value is -1.43. The molecule has 3 rings (SSSR count). The number of halogens is 1. The molecule has 3 N–H and O–H groups in total.